The molecule has 1 aromatic carbocycles. The van der Waals surface area contributed by atoms with E-state index in [1.807, 2.05) is 0 Å². The quantitative estimate of drug-likeness (QED) is 0.633. The van der Waals surface area contributed by atoms with Crippen LogP contribution in [0.4, 0.5) is 8.78 Å². The van der Waals surface area contributed by atoms with E-state index in [-0.39, 0.29) is 22.7 Å². The van der Waals surface area contributed by atoms with Gasteiger partial charge in [-0.15, -0.1) is 0 Å². The zero-order chi connectivity index (χ0) is 12.3. The maximum atomic E-state index is 12.0. The molecular formula is C10H7BrF2O3. The summed E-state index contributed by atoms with van der Waals surface area (Å²) in [7, 11) is 0. The summed E-state index contributed by atoms with van der Waals surface area (Å²) < 4.78 is 28.5. The van der Waals surface area contributed by atoms with Gasteiger partial charge in [-0.1, -0.05) is 0 Å². The van der Waals surface area contributed by atoms with Crippen molar-refractivity contribution in [3.8, 4) is 5.75 Å². The van der Waals surface area contributed by atoms with Gasteiger partial charge in [-0.25, -0.2) is 0 Å². The normalized spacial score (nSPS) is 10.3. The average Bonchev–Trinajstić information content (AvgIpc) is 2.16. The van der Waals surface area contributed by atoms with E-state index in [4.69, 9.17) is 0 Å². The molecule has 0 spiro atoms. The molecule has 0 aromatic heterocycles. The fraction of sp³-hybridized carbons (Fsp3) is 0.200. The first-order valence-electron chi connectivity index (χ1n) is 4.20. The fourth-order valence-corrected chi connectivity index (χ4v) is 1.73. The number of benzene rings is 1. The molecule has 1 aromatic rings. The van der Waals surface area contributed by atoms with Gasteiger partial charge in [0.15, 0.2) is 12.1 Å². The van der Waals surface area contributed by atoms with Crippen molar-refractivity contribution in [1.29, 1.82) is 0 Å². The molecule has 1 rings (SSSR count). The van der Waals surface area contributed by atoms with Crippen LogP contribution in [0.25, 0.3) is 0 Å². The van der Waals surface area contributed by atoms with Crippen molar-refractivity contribution in [3.63, 3.8) is 0 Å². The van der Waals surface area contributed by atoms with Crippen LogP contribution in [0.2, 0.25) is 0 Å². The number of rotatable bonds is 4. The minimum Gasteiger partial charge on any atom is -0.434 e. The van der Waals surface area contributed by atoms with Crippen molar-refractivity contribution in [2.45, 2.75) is 13.5 Å². The molecule has 0 saturated heterocycles. The van der Waals surface area contributed by atoms with E-state index >= 15 is 0 Å². The number of carbonyl (C=O) groups is 2. The highest BCUT2D eigenvalue weighted by molar-refractivity contribution is 9.10. The van der Waals surface area contributed by atoms with Crippen LogP contribution in [0.5, 0.6) is 5.75 Å². The molecule has 0 amide bonds. The third kappa shape index (κ3) is 2.85. The van der Waals surface area contributed by atoms with E-state index in [2.05, 4.69) is 20.7 Å². The number of ketones is 1. The third-order valence-corrected chi connectivity index (χ3v) is 2.48. The van der Waals surface area contributed by atoms with Gasteiger partial charge in [0.2, 0.25) is 0 Å². The van der Waals surface area contributed by atoms with E-state index < -0.39 is 6.61 Å². The summed E-state index contributed by atoms with van der Waals surface area (Å²) in [5, 5.41) is 0. The smallest absolute Gasteiger partial charge is 0.387 e. The van der Waals surface area contributed by atoms with E-state index in [9.17, 15) is 18.4 Å². The predicted molar refractivity (Wildman–Crippen MR) is 56.2 cm³/mol. The monoisotopic (exact) mass is 292 g/mol. The summed E-state index contributed by atoms with van der Waals surface area (Å²) in [4.78, 5) is 21.8. The van der Waals surface area contributed by atoms with Crippen LogP contribution >= 0.6 is 15.9 Å². The summed E-state index contributed by atoms with van der Waals surface area (Å²) in [6.07, 6.45) is 0.358. The van der Waals surface area contributed by atoms with Gasteiger partial charge < -0.3 is 4.74 Å². The predicted octanol–water partition coefficient (Wildman–Crippen LogP) is 3.07. The molecule has 0 heterocycles. The molecule has 0 fully saturated rings. The summed E-state index contributed by atoms with van der Waals surface area (Å²) in [6.45, 7) is -1.71. The Balaban J connectivity index is 3.26. The van der Waals surface area contributed by atoms with E-state index in [0.717, 1.165) is 0 Å². The Morgan fingerprint density at radius 2 is 2.12 bits per heavy atom. The van der Waals surface area contributed by atoms with Crippen LogP contribution in [0.15, 0.2) is 16.6 Å². The van der Waals surface area contributed by atoms with Gasteiger partial charge >= 0.3 is 6.61 Å². The van der Waals surface area contributed by atoms with Crippen molar-refractivity contribution < 1.29 is 23.1 Å². The lowest BCUT2D eigenvalue weighted by Gasteiger charge is -2.09. The Kier molecular flexibility index (Phi) is 4.12. The van der Waals surface area contributed by atoms with Crippen molar-refractivity contribution in [2.24, 2.45) is 0 Å². The lowest BCUT2D eigenvalue weighted by Crippen LogP contribution is -2.06. The van der Waals surface area contributed by atoms with Crippen LogP contribution in [-0.2, 0) is 0 Å². The summed E-state index contributed by atoms with van der Waals surface area (Å²) in [5.74, 6) is -0.541. The number of alkyl halides is 2. The van der Waals surface area contributed by atoms with Crippen molar-refractivity contribution in [2.75, 3.05) is 0 Å². The molecule has 0 saturated carbocycles. The Morgan fingerprint density at radius 3 is 2.56 bits per heavy atom. The number of hydrogen-bond donors (Lipinski definition) is 0. The molecule has 0 unspecified atom stereocenters. The first-order chi connectivity index (χ1) is 7.45. The van der Waals surface area contributed by atoms with Gasteiger partial charge in [0, 0.05) is 10.0 Å². The van der Waals surface area contributed by atoms with Gasteiger partial charge in [-0.3, -0.25) is 9.59 Å². The highest BCUT2D eigenvalue weighted by Crippen LogP contribution is 2.28. The standard InChI is InChI=1S/C10H7BrF2O3/c1-5(15)7-2-6(4-14)9(3-8(7)11)16-10(12)13/h2-4,10H,1H3. The largest absolute Gasteiger partial charge is 0.434 e. The van der Waals surface area contributed by atoms with E-state index in [0.29, 0.717) is 10.8 Å². The number of hydrogen-bond acceptors (Lipinski definition) is 3. The molecule has 0 bridgehead atoms. The molecule has 16 heavy (non-hydrogen) atoms. The molecule has 0 aliphatic heterocycles. The molecule has 0 atom stereocenters. The van der Waals surface area contributed by atoms with Crippen molar-refractivity contribution in [3.05, 3.63) is 27.7 Å². The Labute approximate surface area is 98.5 Å². The molecule has 6 heteroatoms. The lowest BCUT2D eigenvalue weighted by molar-refractivity contribution is -0.0501. The van der Waals surface area contributed by atoms with Crippen LogP contribution in [-0.4, -0.2) is 18.7 Å². The number of carbonyl (C=O) groups excluding carboxylic acids is 2. The zero-order valence-corrected chi connectivity index (χ0v) is 9.75. The van der Waals surface area contributed by atoms with Gasteiger partial charge in [-0.2, -0.15) is 8.78 Å². The number of ether oxygens (including phenoxy) is 1. The fourth-order valence-electron chi connectivity index (χ4n) is 1.13. The van der Waals surface area contributed by atoms with Gasteiger partial charge in [0.25, 0.3) is 0 Å². The van der Waals surface area contributed by atoms with Crippen LogP contribution < -0.4 is 4.74 Å². The number of aldehydes is 1. The minimum absolute atomic E-state index is 0.0892. The Hall–Kier alpha value is -1.30. The maximum absolute atomic E-state index is 12.0. The Bertz CT molecular complexity index is 432. The second-order valence-corrected chi connectivity index (χ2v) is 3.78. The van der Waals surface area contributed by atoms with Crippen LogP contribution in [0, 0.1) is 0 Å². The third-order valence-electron chi connectivity index (χ3n) is 1.82. The highest BCUT2D eigenvalue weighted by Gasteiger charge is 2.14. The van der Waals surface area contributed by atoms with Gasteiger partial charge in [-0.05, 0) is 35.0 Å². The topological polar surface area (TPSA) is 43.4 Å². The molecule has 0 aliphatic carbocycles. The first-order valence-corrected chi connectivity index (χ1v) is 4.99. The van der Waals surface area contributed by atoms with Gasteiger partial charge in [0.05, 0.1) is 5.56 Å². The van der Waals surface area contributed by atoms with Crippen LogP contribution in [0.3, 0.4) is 0 Å². The second kappa shape index (κ2) is 5.16. The average molecular weight is 293 g/mol. The maximum Gasteiger partial charge on any atom is 0.387 e. The number of Topliss-reactive ketones (excluding diaryl/α,β-unsaturated/α-hetero) is 1. The summed E-state index contributed by atoms with van der Waals surface area (Å²) >= 11 is 3.04. The van der Waals surface area contributed by atoms with Crippen molar-refractivity contribution >= 4 is 28.0 Å². The molecule has 0 N–H and O–H groups in total. The molecule has 86 valence electrons. The SMILES string of the molecule is CC(=O)c1cc(C=O)c(OC(F)F)cc1Br. The van der Waals surface area contributed by atoms with Crippen LogP contribution in [0.1, 0.15) is 27.6 Å². The second-order valence-electron chi connectivity index (χ2n) is 2.92. The molecular weight excluding hydrogens is 286 g/mol. The molecule has 0 aliphatic rings. The van der Waals surface area contributed by atoms with E-state index in [1.54, 1.807) is 0 Å². The molecule has 0 radical (unpaired) electrons. The summed E-state index contributed by atoms with van der Waals surface area (Å²) in [6, 6.07) is 2.38. The van der Waals surface area contributed by atoms with E-state index in [1.165, 1.54) is 19.1 Å². The lowest BCUT2D eigenvalue weighted by atomic mass is 10.1. The first kappa shape index (κ1) is 12.8. The Morgan fingerprint density at radius 1 is 1.50 bits per heavy atom. The number of halogens is 3. The van der Waals surface area contributed by atoms with Gasteiger partial charge in [0.1, 0.15) is 5.75 Å². The molecule has 3 nitrogen and oxygen atoms in total. The zero-order valence-electron chi connectivity index (χ0n) is 8.17. The summed E-state index contributed by atoms with van der Waals surface area (Å²) in [5.41, 5.74) is 0.150. The highest BCUT2D eigenvalue weighted by atomic mass is 79.9. The minimum atomic E-state index is -3.02. The van der Waals surface area contributed by atoms with Crippen molar-refractivity contribution in [1.82, 2.24) is 0 Å².